The van der Waals surface area contributed by atoms with Crippen LogP contribution in [0, 0.1) is 5.92 Å². The summed E-state index contributed by atoms with van der Waals surface area (Å²) < 4.78 is 49.2. The van der Waals surface area contributed by atoms with Crippen LogP contribution in [0.25, 0.3) is 0 Å². The molecule has 0 saturated heterocycles. The van der Waals surface area contributed by atoms with Crippen LogP contribution in [-0.4, -0.2) is 19.1 Å². The van der Waals surface area contributed by atoms with Gasteiger partial charge in [0.1, 0.15) is 0 Å². The molecule has 154 valence electrons. The number of benzene rings is 2. The summed E-state index contributed by atoms with van der Waals surface area (Å²) in [6.07, 6.45) is -2.97. The highest BCUT2D eigenvalue weighted by molar-refractivity contribution is 6.32. The molecule has 2 atom stereocenters. The van der Waals surface area contributed by atoms with Crippen molar-refractivity contribution in [3.63, 3.8) is 0 Å². The molecule has 1 heterocycles. The lowest BCUT2D eigenvalue weighted by Crippen LogP contribution is -2.24. The first-order chi connectivity index (χ1) is 13.8. The van der Waals surface area contributed by atoms with Crippen LogP contribution in [0.15, 0.2) is 36.4 Å². The average Bonchev–Trinajstić information content (AvgIpc) is 3.49. The van der Waals surface area contributed by atoms with Crippen LogP contribution in [-0.2, 0) is 17.5 Å². The Kier molecular flexibility index (Phi) is 5.34. The summed E-state index contributed by atoms with van der Waals surface area (Å²) in [6.45, 7) is 1.36. The molecule has 2 aromatic carbocycles. The number of carbonyl (C=O) groups excluding carboxylic acids is 1. The third-order valence-electron chi connectivity index (χ3n) is 5.12. The summed E-state index contributed by atoms with van der Waals surface area (Å²) >= 11 is 6.26. The molecular formula is C21H19ClF3NO3. The smallest absolute Gasteiger partial charge is 0.416 e. The molecule has 4 nitrogen and oxygen atoms in total. The Balaban J connectivity index is 1.35. The Hall–Kier alpha value is -2.41. The van der Waals surface area contributed by atoms with Crippen LogP contribution in [0.4, 0.5) is 13.2 Å². The maximum Gasteiger partial charge on any atom is 0.416 e. The lowest BCUT2D eigenvalue weighted by molar-refractivity contribution is -0.137. The minimum absolute atomic E-state index is 0.0512. The van der Waals surface area contributed by atoms with E-state index in [1.54, 1.807) is 12.1 Å². The fourth-order valence-electron chi connectivity index (χ4n) is 3.48. The Morgan fingerprint density at radius 2 is 1.86 bits per heavy atom. The van der Waals surface area contributed by atoms with Gasteiger partial charge in [-0.15, -0.1) is 0 Å². The topological polar surface area (TPSA) is 47.6 Å². The number of amides is 1. The molecule has 0 spiro atoms. The Morgan fingerprint density at radius 1 is 1.14 bits per heavy atom. The van der Waals surface area contributed by atoms with Crippen molar-refractivity contribution in [3.05, 3.63) is 58.1 Å². The fourth-order valence-corrected chi connectivity index (χ4v) is 3.77. The zero-order valence-corrected chi connectivity index (χ0v) is 16.1. The Morgan fingerprint density at radius 3 is 2.59 bits per heavy atom. The molecule has 2 unspecified atom stereocenters. The summed E-state index contributed by atoms with van der Waals surface area (Å²) in [4.78, 5) is 12.4. The van der Waals surface area contributed by atoms with Crippen LogP contribution in [0.3, 0.4) is 0 Å². The first-order valence-electron chi connectivity index (χ1n) is 9.36. The molecule has 4 rings (SSSR count). The number of alkyl halides is 3. The molecule has 1 amide bonds. The number of halogens is 4. The normalized spacial score (nSPS) is 20.7. The summed E-state index contributed by atoms with van der Waals surface area (Å²) in [5.74, 6) is 0.669. The van der Waals surface area contributed by atoms with Gasteiger partial charge in [0, 0.05) is 18.9 Å². The first kappa shape index (κ1) is 19.9. The minimum Gasteiger partial charge on any atom is -0.489 e. The van der Waals surface area contributed by atoms with Gasteiger partial charge in [0.2, 0.25) is 5.91 Å². The van der Waals surface area contributed by atoms with E-state index in [0.717, 1.165) is 29.7 Å². The van der Waals surface area contributed by atoms with Gasteiger partial charge in [0.15, 0.2) is 11.5 Å². The second kappa shape index (κ2) is 7.78. The zero-order valence-electron chi connectivity index (χ0n) is 15.4. The molecule has 1 saturated carbocycles. The molecule has 1 N–H and O–H groups in total. The van der Waals surface area contributed by atoms with E-state index in [4.69, 9.17) is 21.1 Å². The van der Waals surface area contributed by atoms with Gasteiger partial charge in [-0.05, 0) is 47.7 Å². The standard InChI is InChI=1S/C21H19ClF3NO3/c22-17-8-12(9-18-19(17)29-7-1-6-28-18)11-26-20(27)16-10-15(16)13-2-4-14(5-3-13)21(23,24)25/h2-5,8-9,15-16H,1,6-7,10-11H2,(H,26,27). The molecular weight excluding hydrogens is 407 g/mol. The number of hydrogen-bond donors (Lipinski definition) is 1. The molecule has 1 aliphatic carbocycles. The molecule has 8 heteroatoms. The van der Waals surface area contributed by atoms with E-state index in [2.05, 4.69) is 5.32 Å². The lowest BCUT2D eigenvalue weighted by Gasteiger charge is -2.12. The average molecular weight is 426 g/mol. The van der Waals surface area contributed by atoms with Crippen molar-refractivity contribution >= 4 is 17.5 Å². The van der Waals surface area contributed by atoms with Gasteiger partial charge in [0.25, 0.3) is 0 Å². The summed E-state index contributed by atoms with van der Waals surface area (Å²) in [6, 6.07) is 8.54. The number of fused-ring (bicyclic) bond motifs is 1. The maximum atomic E-state index is 12.7. The SMILES string of the molecule is O=C(NCc1cc(Cl)c2c(c1)OCCCO2)C1CC1c1ccc(C(F)(F)F)cc1. The summed E-state index contributed by atoms with van der Waals surface area (Å²) in [5.41, 5.74) is 0.852. The van der Waals surface area contributed by atoms with Crippen molar-refractivity contribution in [2.75, 3.05) is 13.2 Å². The van der Waals surface area contributed by atoms with E-state index in [-0.39, 0.29) is 24.3 Å². The van der Waals surface area contributed by atoms with E-state index >= 15 is 0 Å². The van der Waals surface area contributed by atoms with Crippen molar-refractivity contribution in [1.29, 1.82) is 0 Å². The van der Waals surface area contributed by atoms with E-state index in [9.17, 15) is 18.0 Å². The maximum absolute atomic E-state index is 12.7. The number of hydrogen-bond acceptors (Lipinski definition) is 3. The predicted molar refractivity (Wildman–Crippen MR) is 101 cm³/mol. The van der Waals surface area contributed by atoms with Gasteiger partial charge in [0.05, 0.1) is 23.8 Å². The number of nitrogens with one attached hydrogen (secondary N) is 1. The second-order valence-electron chi connectivity index (χ2n) is 7.24. The molecule has 29 heavy (non-hydrogen) atoms. The van der Waals surface area contributed by atoms with E-state index < -0.39 is 11.7 Å². The third kappa shape index (κ3) is 4.45. The number of carbonyl (C=O) groups is 1. The predicted octanol–water partition coefficient (Wildman–Crippen LogP) is 4.94. The highest BCUT2D eigenvalue weighted by atomic mass is 35.5. The quantitative estimate of drug-likeness (QED) is 0.754. The first-order valence-corrected chi connectivity index (χ1v) is 9.73. The summed E-state index contributed by atoms with van der Waals surface area (Å²) in [5, 5.41) is 3.31. The van der Waals surface area contributed by atoms with Gasteiger partial charge in [-0.2, -0.15) is 13.2 Å². The Labute approximate surface area is 170 Å². The van der Waals surface area contributed by atoms with Gasteiger partial charge >= 0.3 is 6.18 Å². The molecule has 0 bridgehead atoms. The number of ether oxygens (including phenoxy) is 2. The van der Waals surface area contributed by atoms with Crippen molar-refractivity contribution in [3.8, 4) is 11.5 Å². The van der Waals surface area contributed by atoms with Crippen molar-refractivity contribution < 1.29 is 27.4 Å². The molecule has 2 aliphatic rings. The summed E-state index contributed by atoms with van der Waals surface area (Å²) in [7, 11) is 0. The fraction of sp³-hybridized carbons (Fsp3) is 0.381. The monoisotopic (exact) mass is 425 g/mol. The van der Waals surface area contributed by atoms with Crippen LogP contribution in [0.1, 0.15) is 35.4 Å². The second-order valence-corrected chi connectivity index (χ2v) is 7.65. The van der Waals surface area contributed by atoms with Crippen LogP contribution < -0.4 is 14.8 Å². The Bertz CT molecular complexity index is 915. The largest absolute Gasteiger partial charge is 0.489 e. The molecule has 2 aromatic rings. The molecule has 0 radical (unpaired) electrons. The van der Waals surface area contributed by atoms with Crippen molar-refractivity contribution in [1.82, 2.24) is 5.32 Å². The van der Waals surface area contributed by atoms with Crippen LogP contribution in [0.5, 0.6) is 11.5 Å². The number of rotatable bonds is 4. The van der Waals surface area contributed by atoms with E-state index in [1.807, 2.05) is 0 Å². The highest BCUT2D eigenvalue weighted by Gasteiger charge is 2.44. The molecule has 1 aliphatic heterocycles. The van der Waals surface area contributed by atoms with E-state index in [1.165, 1.54) is 12.1 Å². The van der Waals surface area contributed by atoms with E-state index in [0.29, 0.717) is 36.2 Å². The van der Waals surface area contributed by atoms with Crippen molar-refractivity contribution in [2.24, 2.45) is 5.92 Å². The third-order valence-corrected chi connectivity index (χ3v) is 5.40. The lowest BCUT2D eigenvalue weighted by atomic mass is 10.1. The molecule has 1 fully saturated rings. The van der Waals surface area contributed by atoms with Gasteiger partial charge in [-0.25, -0.2) is 0 Å². The minimum atomic E-state index is -4.36. The van der Waals surface area contributed by atoms with Crippen LogP contribution in [0.2, 0.25) is 5.02 Å². The van der Waals surface area contributed by atoms with Gasteiger partial charge in [-0.1, -0.05) is 23.7 Å². The van der Waals surface area contributed by atoms with Gasteiger partial charge in [-0.3, -0.25) is 4.79 Å². The van der Waals surface area contributed by atoms with Crippen molar-refractivity contribution in [2.45, 2.75) is 31.5 Å². The molecule has 0 aromatic heterocycles. The highest BCUT2D eigenvalue weighted by Crippen LogP contribution is 2.48. The van der Waals surface area contributed by atoms with Crippen LogP contribution >= 0.6 is 11.6 Å². The zero-order chi connectivity index (χ0) is 20.6. The van der Waals surface area contributed by atoms with Gasteiger partial charge < -0.3 is 14.8 Å².